The van der Waals surface area contributed by atoms with Crippen LogP contribution >= 0.6 is 0 Å². The van der Waals surface area contributed by atoms with E-state index in [1.54, 1.807) is 6.92 Å². The van der Waals surface area contributed by atoms with Crippen molar-refractivity contribution in [1.82, 2.24) is 9.88 Å². The van der Waals surface area contributed by atoms with Crippen LogP contribution in [-0.2, 0) is 7.05 Å². The third-order valence-electron chi connectivity index (χ3n) is 2.45. The molecule has 7 heteroatoms. The van der Waals surface area contributed by atoms with E-state index in [1.807, 2.05) is 0 Å². The molecule has 1 heterocycles. The highest BCUT2D eigenvalue weighted by molar-refractivity contribution is 5.93. The number of rotatable bonds is 5. The lowest BCUT2D eigenvalue weighted by Crippen LogP contribution is -2.34. The van der Waals surface area contributed by atoms with Crippen molar-refractivity contribution < 1.29 is 14.8 Å². The number of aliphatic hydroxyl groups excluding tert-OH is 1. The Morgan fingerprint density at radius 2 is 2.29 bits per heavy atom. The topological polar surface area (TPSA) is 97.4 Å². The highest BCUT2D eigenvalue weighted by Crippen LogP contribution is 2.14. The van der Waals surface area contributed by atoms with Gasteiger partial charge in [-0.05, 0) is 24.3 Å². The summed E-state index contributed by atoms with van der Waals surface area (Å²) in [7, 11) is 1.46. The minimum absolute atomic E-state index is 0.0191. The molecule has 1 amide bonds. The zero-order valence-corrected chi connectivity index (χ0v) is 9.71. The Hall–Kier alpha value is -1.89. The van der Waals surface area contributed by atoms with Crippen molar-refractivity contribution in [2.24, 2.45) is 7.05 Å². The van der Waals surface area contributed by atoms with E-state index in [1.165, 1.54) is 23.7 Å². The third kappa shape index (κ3) is 3.04. The molecule has 1 aromatic rings. The summed E-state index contributed by atoms with van der Waals surface area (Å²) in [5, 5.41) is 22.0. The minimum Gasteiger partial charge on any atom is -0.396 e. The van der Waals surface area contributed by atoms with Crippen molar-refractivity contribution >= 4 is 11.7 Å². The van der Waals surface area contributed by atoms with E-state index in [-0.39, 0.29) is 30.1 Å². The number of nitro groups is 1. The van der Waals surface area contributed by atoms with Crippen LogP contribution in [0.25, 0.3) is 0 Å². The first-order chi connectivity index (χ1) is 7.97. The first-order valence-corrected chi connectivity index (χ1v) is 5.19. The molecule has 0 radical (unpaired) electrons. The van der Waals surface area contributed by atoms with Gasteiger partial charge in [0.25, 0.3) is 5.91 Å². The van der Waals surface area contributed by atoms with Crippen molar-refractivity contribution in [2.75, 3.05) is 6.61 Å². The summed E-state index contributed by atoms with van der Waals surface area (Å²) in [5.41, 5.74) is 0.224. The second-order valence-electron chi connectivity index (χ2n) is 3.78. The zero-order chi connectivity index (χ0) is 13.0. The van der Waals surface area contributed by atoms with Gasteiger partial charge in [0.15, 0.2) is 5.69 Å². The maximum Gasteiger partial charge on any atom is 0.323 e. The van der Waals surface area contributed by atoms with Crippen LogP contribution in [0.15, 0.2) is 12.1 Å². The third-order valence-corrected chi connectivity index (χ3v) is 2.45. The molecule has 2 N–H and O–H groups in total. The SMILES string of the molecule is CC(CCO)NC(=O)c1ccc([N+](=O)[O-])n1C. The summed E-state index contributed by atoms with van der Waals surface area (Å²) in [4.78, 5) is 21.8. The van der Waals surface area contributed by atoms with E-state index < -0.39 is 4.92 Å². The molecular formula is C10H15N3O4. The van der Waals surface area contributed by atoms with E-state index in [0.29, 0.717) is 6.42 Å². The van der Waals surface area contributed by atoms with Crippen LogP contribution in [-0.4, -0.2) is 33.2 Å². The van der Waals surface area contributed by atoms with Gasteiger partial charge in [-0.1, -0.05) is 0 Å². The lowest BCUT2D eigenvalue weighted by atomic mass is 10.2. The van der Waals surface area contributed by atoms with Gasteiger partial charge in [0.1, 0.15) is 0 Å². The van der Waals surface area contributed by atoms with Crippen LogP contribution < -0.4 is 5.32 Å². The second-order valence-corrected chi connectivity index (χ2v) is 3.78. The van der Waals surface area contributed by atoms with Gasteiger partial charge in [0.2, 0.25) is 0 Å². The lowest BCUT2D eigenvalue weighted by Gasteiger charge is -2.11. The fourth-order valence-electron chi connectivity index (χ4n) is 1.48. The summed E-state index contributed by atoms with van der Waals surface area (Å²) in [6.45, 7) is 1.74. The first-order valence-electron chi connectivity index (χ1n) is 5.19. The molecule has 0 saturated heterocycles. The second kappa shape index (κ2) is 5.44. The van der Waals surface area contributed by atoms with Crippen LogP contribution in [0.2, 0.25) is 0 Å². The lowest BCUT2D eigenvalue weighted by molar-refractivity contribution is -0.391. The Morgan fingerprint density at radius 3 is 2.76 bits per heavy atom. The maximum absolute atomic E-state index is 11.8. The van der Waals surface area contributed by atoms with Crippen LogP contribution in [0.5, 0.6) is 0 Å². The number of carbonyl (C=O) groups excluding carboxylic acids is 1. The molecule has 1 unspecified atom stereocenters. The molecule has 7 nitrogen and oxygen atoms in total. The highest BCUT2D eigenvalue weighted by Gasteiger charge is 2.21. The molecule has 0 fully saturated rings. The molecule has 0 aliphatic rings. The van der Waals surface area contributed by atoms with Gasteiger partial charge in [0, 0.05) is 18.7 Å². The standard InChI is InChI=1S/C10H15N3O4/c1-7(5-6-14)11-10(15)8-3-4-9(12(8)2)13(16)17/h3-4,7,14H,5-6H2,1-2H3,(H,11,15). The molecule has 0 aromatic carbocycles. The van der Waals surface area contributed by atoms with Crippen molar-refractivity contribution in [3.63, 3.8) is 0 Å². The van der Waals surface area contributed by atoms with E-state index in [0.717, 1.165) is 0 Å². The summed E-state index contributed by atoms with van der Waals surface area (Å²) in [6, 6.07) is 2.51. The van der Waals surface area contributed by atoms with Crippen molar-refractivity contribution in [2.45, 2.75) is 19.4 Å². The monoisotopic (exact) mass is 241 g/mol. The largest absolute Gasteiger partial charge is 0.396 e. The fourth-order valence-corrected chi connectivity index (χ4v) is 1.48. The number of aliphatic hydroxyl groups is 1. The number of carbonyl (C=O) groups is 1. The van der Waals surface area contributed by atoms with E-state index in [2.05, 4.69) is 5.32 Å². The fraction of sp³-hybridized carbons (Fsp3) is 0.500. The molecule has 1 atom stereocenters. The van der Waals surface area contributed by atoms with Gasteiger partial charge in [-0.3, -0.25) is 4.79 Å². The molecule has 0 aliphatic carbocycles. The van der Waals surface area contributed by atoms with Crippen molar-refractivity contribution in [3.05, 3.63) is 27.9 Å². The number of amides is 1. The zero-order valence-electron chi connectivity index (χ0n) is 9.71. The normalized spacial score (nSPS) is 12.2. The minimum atomic E-state index is -0.548. The highest BCUT2D eigenvalue weighted by atomic mass is 16.6. The molecular weight excluding hydrogens is 226 g/mol. The maximum atomic E-state index is 11.8. The van der Waals surface area contributed by atoms with Crippen LogP contribution in [0.3, 0.4) is 0 Å². The molecule has 1 rings (SSSR count). The average Bonchev–Trinajstić information content (AvgIpc) is 2.60. The molecule has 0 bridgehead atoms. The number of nitrogens with zero attached hydrogens (tertiary/aromatic N) is 2. The van der Waals surface area contributed by atoms with E-state index >= 15 is 0 Å². The summed E-state index contributed by atoms with van der Waals surface area (Å²) < 4.78 is 1.22. The van der Waals surface area contributed by atoms with Crippen molar-refractivity contribution in [3.8, 4) is 0 Å². The van der Waals surface area contributed by atoms with Gasteiger partial charge >= 0.3 is 5.82 Å². The van der Waals surface area contributed by atoms with Crippen LogP contribution in [0.1, 0.15) is 23.8 Å². The number of hydrogen-bond donors (Lipinski definition) is 2. The summed E-state index contributed by atoms with van der Waals surface area (Å²) in [6.07, 6.45) is 0.443. The molecule has 0 saturated carbocycles. The van der Waals surface area contributed by atoms with Crippen LogP contribution in [0, 0.1) is 10.1 Å². The van der Waals surface area contributed by atoms with Gasteiger partial charge in [-0.25, -0.2) is 4.57 Å². The quantitative estimate of drug-likeness (QED) is 0.577. The Bertz CT molecular complexity index is 427. The Kier molecular flexibility index (Phi) is 4.22. The summed E-state index contributed by atoms with van der Waals surface area (Å²) >= 11 is 0. The number of aromatic nitrogens is 1. The van der Waals surface area contributed by atoms with Gasteiger partial charge < -0.3 is 20.5 Å². The van der Waals surface area contributed by atoms with Crippen molar-refractivity contribution in [1.29, 1.82) is 0 Å². The Morgan fingerprint density at radius 1 is 1.65 bits per heavy atom. The molecule has 0 aliphatic heterocycles. The molecule has 17 heavy (non-hydrogen) atoms. The molecule has 1 aromatic heterocycles. The van der Waals surface area contributed by atoms with Gasteiger partial charge in [-0.2, -0.15) is 0 Å². The predicted molar refractivity (Wildman–Crippen MR) is 60.7 cm³/mol. The van der Waals surface area contributed by atoms with Gasteiger partial charge in [-0.15, -0.1) is 0 Å². The van der Waals surface area contributed by atoms with Crippen LogP contribution in [0.4, 0.5) is 5.82 Å². The smallest absolute Gasteiger partial charge is 0.323 e. The Labute approximate surface area is 98.2 Å². The molecule has 94 valence electrons. The number of hydrogen-bond acceptors (Lipinski definition) is 4. The number of nitrogens with one attached hydrogen (secondary N) is 1. The summed E-state index contributed by atoms with van der Waals surface area (Å²) in [5.74, 6) is -0.522. The van der Waals surface area contributed by atoms with Gasteiger partial charge in [0.05, 0.1) is 7.05 Å². The van der Waals surface area contributed by atoms with E-state index in [9.17, 15) is 14.9 Å². The average molecular weight is 241 g/mol. The van der Waals surface area contributed by atoms with E-state index in [4.69, 9.17) is 5.11 Å². The molecule has 0 spiro atoms. The Balaban J connectivity index is 2.80. The first kappa shape index (κ1) is 13.2. The predicted octanol–water partition coefficient (Wildman–Crippen LogP) is 0.434.